The van der Waals surface area contributed by atoms with Crippen LogP contribution in [-0.2, 0) is 24.2 Å². The first-order valence-corrected chi connectivity index (χ1v) is 19.4. The highest BCUT2D eigenvalue weighted by Gasteiger charge is 2.42. The lowest BCUT2D eigenvalue weighted by Gasteiger charge is -2.37. The van der Waals surface area contributed by atoms with E-state index in [0.29, 0.717) is 17.1 Å². The number of sulfone groups is 1. The maximum absolute atomic E-state index is 14.3. The molecule has 1 aliphatic rings. The van der Waals surface area contributed by atoms with Crippen LogP contribution in [0.1, 0.15) is 59.3 Å². The molecule has 49 heavy (non-hydrogen) atoms. The summed E-state index contributed by atoms with van der Waals surface area (Å²) < 4.78 is 34.6. The molecule has 0 saturated carbocycles. The normalized spacial score (nSPS) is 15.7. The van der Waals surface area contributed by atoms with Crippen molar-refractivity contribution in [2.75, 3.05) is 36.6 Å². The second-order valence-corrected chi connectivity index (χ2v) is 15.0. The molecule has 1 aliphatic heterocycles. The number of anilines is 2. The highest BCUT2D eigenvalue weighted by molar-refractivity contribution is 7.98. The first kappa shape index (κ1) is 39.4. The maximum atomic E-state index is 14.3. The Labute approximate surface area is 295 Å². The minimum absolute atomic E-state index is 0.00482. The van der Waals surface area contributed by atoms with Gasteiger partial charge < -0.3 is 25.4 Å². The predicted molar refractivity (Wildman–Crippen MR) is 196 cm³/mol. The van der Waals surface area contributed by atoms with Crippen LogP contribution in [0.4, 0.5) is 11.4 Å². The van der Waals surface area contributed by atoms with E-state index in [1.54, 1.807) is 18.2 Å². The van der Waals surface area contributed by atoms with Gasteiger partial charge in [0.15, 0.2) is 16.4 Å². The van der Waals surface area contributed by atoms with Crippen molar-refractivity contribution in [1.29, 1.82) is 0 Å². The zero-order valence-electron chi connectivity index (χ0n) is 28.9. The van der Waals surface area contributed by atoms with E-state index in [9.17, 15) is 22.8 Å². The summed E-state index contributed by atoms with van der Waals surface area (Å²) in [6, 6.07) is 11.9. The van der Waals surface area contributed by atoms with Crippen molar-refractivity contribution in [2.24, 2.45) is 5.41 Å². The maximum Gasteiger partial charge on any atom is 0.322 e. The number of hydrogen-bond donors (Lipinski definition) is 3. The molecule has 10 nitrogen and oxygen atoms in total. The number of nitrogens with one attached hydrogen (secondary N) is 2. The molecule has 0 bridgehead atoms. The lowest BCUT2D eigenvalue weighted by molar-refractivity contribution is -0.138. The summed E-state index contributed by atoms with van der Waals surface area (Å²) in [4.78, 5) is 39.9. The average Bonchev–Trinajstić information content (AvgIpc) is 3.18. The number of amides is 2. The molecule has 0 unspecified atom stereocenters. The molecule has 266 valence electrons. The number of fused-ring (bicyclic) bond motifs is 1. The monoisotopic (exact) mass is 711 g/mol. The van der Waals surface area contributed by atoms with E-state index in [2.05, 4.69) is 36.0 Å². The number of allylic oxidation sites excluding steroid dienone is 3. The lowest BCUT2D eigenvalue weighted by atomic mass is 9.79. The molecule has 0 spiro atoms. The average molecular weight is 712 g/mol. The predicted octanol–water partition coefficient (Wildman–Crippen LogP) is 6.45. The van der Waals surface area contributed by atoms with Crippen LogP contribution >= 0.6 is 11.8 Å². The van der Waals surface area contributed by atoms with Gasteiger partial charge in [0.2, 0.25) is 5.91 Å². The van der Waals surface area contributed by atoms with Crippen LogP contribution in [0.25, 0.3) is 0 Å². The molecule has 3 rings (SSSR count). The number of carboxylic acid groups (broad SMARTS) is 1. The van der Waals surface area contributed by atoms with E-state index in [0.717, 1.165) is 44.2 Å². The molecule has 12 heteroatoms. The standard InChI is InChI=1S/C37H49N3O7S2/c1-6-9-13-16-27(4)35(36(44)38-23-34(42)43)39-33(41)24-47-30-22-32-29(21-31(30)48-5)40(28-17-14-12-15-18-28)25-37(19-10-7-2,20-11-8-3)26-49(32,45)46/h6,9,12-18,21-22,35H,4,7-8,10-11,19-20,23-26H2,1-3,5H3,(H,38,44)(H,39,41)(H,42,43)/b9-6-,16-13-/t35-/m1/s1. The van der Waals surface area contributed by atoms with Crippen molar-refractivity contribution in [3.63, 3.8) is 0 Å². The van der Waals surface area contributed by atoms with E-state index in [1.165, 1.54) is 23.9 Å². The van der Waals surface area contributed by atoms with E-state index in [1.807, 2.05) is 49.6 Å². The Kier molecular flexibility index (Phi) is 15.0. The Hall–Kier alpha value is -4.03. The van der Waals surface area contributed by atoms with Crippen LogP contribution in [0.3, 0.4) is 0 Å². The molecular weight excluding hydrogens is 663 g/mol. The number of nitrogens with zero attached hydrogens (tertiary/aromatic N) is 1. The van der Waals surface area contributed by atoms with Gasteiger partial charge in [0.1, 0.15) is 18.3 Å². The smallest absolute Gasteiger partial charge is 0.322 e. The summed E-state index contributed by atoms with van der Waals surface area (Å²) in [5.74, 6) is -2.43. The number of para-hydroxylation sites is 1. The summed E-state index contributed by atoms with van der Waals surface area (Å²) in [5, 5.41) is 13.8. The van der Waals surface area contributed by atoms with Gasteiger partial charge in [0.25, 0.3) is 5.91 Å². The van der Waals surface area contributed by atoms with Crippen LogP contribution in [0.15, 0.2) is 88.7 Å². The first-order valence-electron chi connectivity index (χ1n) is 16.6. The van der Waals surface area contributed by atoms with Crippen LogP contribution in [0.2, 0.25) is 0 Å². The molecule has 0 aliphatic carbocycles. The molecule has 2 aromatic carbocycles. The third-order valence-corrected chi connectivity index (χ3v) is 11.1. The van der Waals surface area contributed by atoms with Gasteiger partial charge in [-0.15, -0.1) is 11.8 Å². The topological polar surface area (TPSA) is 142 Å². The van der Waals surface area contributed by atoms with E-state index < -0.39 is 52.2 Å². The summed E-state index contributed by atoms with van der Waals surface area (Å²) >= 11 is 1.37. The summed E-state index contributed by atoms with van der Waals surface area (Å²) in [5.41, 5.74) is 1.24. The number of aliphatic carboxylic acids is 1. The van der Waals surface area contributed by atoms with Crippen LogP contribution in [0, 0.1) is 5.41 Å². The number of unbranched alkanes of at least 4 members (excludes halogenated alkanes) is 2. The summed E-state index contributed by atoms with van der Waals surface area (Å²) in [6.07, 6.45) is 13.9. The number of hydrogen-bond acceptors (Lipinski definition) is 8. The zero-order chi connectivity index (χ0) is 36.0. The zero-order valence-corrected chi connectivity index (χ0v) is 30.5. The largest absolute Gasteiger partial charge is 0.483 e. The Bertz CT molecular complexity index is 1630. The Balaban J connectivity index is 2.00. The Morgan fingerprint density at radius 1 is 1.10 bits per heavy atom. The molecular formula is C37H49N3O7S2. The van der Waals surface area contributed by atoms with Crippen molar-refractivity contribution in [3.05, 3.63) is 78.9 Å². The van der Waals surface area contributed by atoms with Gasteiger partial charge in [-0.2, -0.15) is 0 Å². The molecule has 2 amide bonds. The number of benzene rings is 2. The summed E-state index contributed by atoms with van der Waals surface area (Å²) in [6.45, 7) is 9.31. The number of thioether (sulfide) groups is 1. The molecule has 0 radical (unpaired) electrons. The van der Waals surface area contributed by atoms with E-state index in [4.69, 9.17) is 9.84 Å². The fraction of sp³-hybridized carbons (Fsp3) is 0.432. The van der Waals surface area contributed by atoms with Gasteiger partial charge in [-0.3, -0.25) is 14.4 Å². The molecule has 3 N–H and O–H groups in total. The second kappa shape index (κ2) is 18.7. The SMILES string of the molecule is C=C(/C=C\C=C/C)[C@@H](NC(=O)COc1cc2c(cc1SC)N(c1ccccc1)CC(CCCC)(CCCC)CS2(=O)=O)C(=O)NCC(=O)O. The van der Waals surface area contributed by atoms with Crippen LogP contribution < -0.4 is 20.3 Å². The number of carbonyl (C=O) groups excluding carboxylic acids is 2. The second-order valence-electron chi connectivity index (χ2n) is 12.2. The van der Waals surface area contributed by atoms with E-state index >= 15 is 0 Å². The minimum atomic E-state index is -3.80. The number of ether oxygens (including phenoxy) is 1. The number of rotatable bonds is 18. The van der Waals surface area contributed by atoms with Gasteiger partial charge in [-0.1, -0.05) is 88.6 Å². The highest BCUT2D eigenvalue weighted by atomic mass is 32.2. The summed E-state index contributed by atoms with van der Waals surface area (Å²) in [7, 11) is -3.80. The van der Waals surface area contributed by atoms with Crippen LogP contribution in [0.5, 0.6) is 5.75 Å². The third kappa shape index (κ3) is 11.0. The molecule has 0 aromatic heterocycles. The van der Waals surface area contributed by atoms with Gasteiger partial charge in [-0.25, -0.2) is 8.42 Å². The fourth-order valence-electron chi connectivity index (χ4n) is 5.90. The van der Waals surface area contributed by atoms with Crippen LogP contribution in [-0.4, -0.2) is 69.1 Å². The number of carboxylic acids is 1. The fourth-order valence-corrected chi connectivity index (χ4v) is 8.57. The van der Waals surface area contributed by atoms with E-state index in [-0.39, 0.29) is 22.0 Å². The molecule has 0 saturated heterocycles. The highest BCUT2D eigenvalue weighted by Crippen LogP contribution is 2.47. The van der Waals surface area contributed by atoms with Crippen molar-refractivity contribution < 1.29 is 32.6 Å². The Morgan fingerprint density at radius 3 is 2.37 bits per heavy atom. The lowest BCUT2D eigenvalue weighted by Crippen LogP contribution is -2.49. The molecule has 1 atom stereocenters. The quantitative estimate of drug-likeness (QED) is 0.117. The molecule has 0 fully saturated rings. The molecule has 1 heterocycles. The van der Waals surface area contributed by atoms with Gasteiger partial charge in [0, 0.05) is 23.7 Å². The Morgan fingerprint density at radius 2 is 1.78 bits per heavy atom. The van der Waals surface area contributed by atoms with Crippen molar-refractivity contribution in [2.45, 2.75) is 75.1 Å². The number of carbonyl (C=O) groups is 3. The van der Waals surface area contributed by atoms with Crippen molar-refractivity contribution in [1.82, 2.24) is 10.6 Å². The molecule has 2 aromatic rings. The first-order chi connectivity index (χ1) is 23.4. The van der Waals surface area contributed by atoms with Gasteiger partial charge in [0.05, 0.1) is 21.2 Å². The van der Waals surface area contributed by atoms with Crippen molar-refractivity contribution in [3.8, 4) is 5.75 Å². The van der Waals surface area contributed by atoms with Crippen molar-refractivity contribution >= 4 is 50.8 Å². The third-order valence-electron chi connectivity index (χ3n) is 8.37. The van der Waals surface area contributed by atoms with Gasteiger partial charge >= 0.3 is 5.97 Å². The van der Waals surface area contributed by atoms with Gasteiger partial charge in [-0.05, 0) is 49.8 Å². The minimum Gasteiger partial charge on any atom is -0.483 e.